The van der Waals surface area contributed by atoms with Gasteiger partial charge in [0.25, 0.3) is 0 Å². The van der Waals surface area contributed by atoms with Crippen LogP contribution < -0.4 is 0 Å². The lowest BCUT2D eigenvalue weighted by molar-refractivity contribution is 0.803. The fourth-order valence-corrected chi connectivity index (χ4v) is 2.68. The van der Waals surface area contributed by atoms with Crippen molar-refractivity contribution in [2.45, 2.75) is 30.4 Å². The smallest absolute Gasteiger partial charge is 0.0122 e. The second-order valence-electron chi connectivity index (χ2n) is 5.10. The predicted molar refractivity (Wildman–Crippen MR) is 77.5 cm³/mol. The minimum absolute atomic E-state index is 0.272. The van der Waals surface area contributed by atoms with Gasteiger partial charge in [-0.2, -0.15) is 0 Å². The van der Waals surface area contributed by atoms with Crippen LogP contribution in [0.15, 0.2) is 59.5 Å². The van der Waals surface area contributed by atoms with E-state index in [9.17, 15) is 0 Å². The Morgan fingerprint density at radius 2 is 1.24 bits per heavy atom. The van der Waals surface area contributed by atoms with Gasteiger partial charge in [0.1, 0.15) is 0 Å². The van der Waals surface area contributed by atoms with Gasteiger partial charge in [0.15, 0.2) is 0 Å². The molecule has 0 aromatic heterocycles. The zero-order valence-electron chi connectivity index (χ0n) is 10.6. The third-order valence-corrected chi connectivity index (χ3v) is 3.51. The highest BCUT2D eigenvalue weighted by molar-refractivity contribution is 8.00. The number of hydrogen-bond donors (Lipinski definition) is 0. The lowest BCUT2D eigenvalue weighted by Crippen LogP contribution is -2.06. The van der Waals surface area contributed by atoms with Crippen molar-refractivity contribution in [1.82, 2.24) is 0 Å². The van der Waals surface area contributed by atoms with E-state index in [0.717, 1.165) is 0 Å². The summed E-state index contributed by atoms with van der Waals surface area (Å²) in [5.41, 5.74) is 2.56. The number of hydrogen-bond acceptors (Lipinski definition) is 1. The van der Waals surface area contributed by atoms with Crippen LogP contribution in [0.3, 0.4) is 0 Å². The molecule has 17 heavy (non-hydrogen) atoms. The largest absolute Gasteiger partial charge is 0.120 e. The zero-order chi connectivity index (χ0) is 12.3. The summed E-state index contributed by atoms with van der Waals surface area (Å²) >= 11 is 1.90. The molecule has 0 fully saturated rings. The van der Waals surface area contributed by atoms with E-state index in [4.69, 9.17) is 0 Å². The van der Waals surface area contributed by atoms with Crippen molar-refractivity contribution in [3.63, 3.8) is 0 Å². The Morgan fingerprint density at radius 1 is 0.706 bits per heavy atom. The van der Waals surface area contributed by atoms with Gasteiger partial charge in [0, 0.05) is 9.64 Å². The molecule has 0 spiro atoms. The molecule has 0 saturated heterocycles. The molecule has 2 rings (SSSR count). The van der Waals surface area contributed by atoms with Gasteiger partial charge in [-0.15, -0.1) is 11.8 Å². The first kappa shape index (κ1) is 12.3. The molecule has 0 aliphatic carbocycles. The topological polar surface area (TPSA) is 0 Å². The molecular formula is C16H18S. The molecular weight excluding hydrogens is 224 g/mol. The SMILES string of the molecule is CC(C)(C)Sc1ccc(-c2ccccc2)cc1. The third-order valence-electron chi connectivity index (χ3n) is 2.39. The number of thioether (sulfide) groups is 1. The summed E-state index contributed by atoms with van der Waals surface area (Å²) in [6.45, 7) is 6.72. The van der Waals surface area contributed by atoms with E-state index >= 15 is 0 Å². The Kier molecular flexibility index (Phi) is 3.58. The standard InChI is InChI=1S/C16H18S/c1-16(2,3)17-15-11-9-14(10-12-15)13-7-5-4-6-8-13/h4-12H,1-3H3. The normalized spacial score (nSPS) is 11.5. The molecule has 0 unspecified atom stereocenters. The van der Waals surface area contributed by atoms with Gasteiger partial charge < -0.3 is 0 Å². The van der Waals surface area contributed by atoms with Gasteiger partial charge in [0.05, 0.1) is 0 Å². The molecule has 1 heteroatoms. The van der Waals surface area contributed by atoms with Gasteiger partial charge in [-0.05, 0) is 23.3 Å². The van der Waals surface area contributed by atoms with Gasteiger partial charge >= 0.3 is 0 Å². The maximum Gasteiger partial charge on any atom is 0.0122 e. The van der Waals surface area contributed by atoms with Crippen LogP contribution in [0.25, 0.3) is 11.1 Å². The van der Waals surface area contributed by atoms with E-state index in [2.05, 4.69) is 69.3 Å². The van der Waals surface area contributed by atoms with E-state index in [-0.39, 0.29) is 4.75 Å². The average molecular weight is 242 g/mol. The second-order valence-corrected chi connectivity index (χ2v) is 7.01. The number of benzene rings is 2. The number of rotatable bonds is 2. The fraction of sp³-hybridized carbons (Fsp3) is 0.250. The highest BCUT2D eigenvalue weighted by Gasteiger charge is 2.11. The van der Waals surface area contributed by atoms with Crippen LogP contribution in [-0.4, -0.2) is 4.75 Å². The van der Waals surface area contributed by atoms with Crippen LogP contribution in [-0.2, 0) is 0 Å². The minimum Gasteiger partial charge on any atom is -0.120 e. The molecule has 88 valence electrons. The van der Waals surface area contributed by atoms with Crippen LogP contribution in [0.2, 0.25) is 0 Å². The van der Waals surface area contributed by atoms with Crippen LogP contribution in [0, 0.1) is 0 Å². The zero-order valence-corrected chi connectivity index (χ0v) is 11.4. The lowest BCUT2D eigenvalue weighted by Gasteiger charge is -2.17. The van der Waals surface area contributed by atoms with Crippen LogP contribution >= 0.6 is 11.8 Å². The van der Waals surface area contributed by atoms with E-state index < -0.39 is 0 Å². The summed E-state index contributed by atoms with van der Waals surface area (Å²) in [6, 6.07) is 19.3. The summed E-state index contributed by atoms with van der Waals surface area (Å²) in [6.07, 6.45) is 0. The Labute approximate surface area is 108 Å². The van der Waals surface area contributed by atoms with E-state index in [1.54, 1.807) is 0 Å². The molecule has 0 amide bonds. The van der Waals surface area contributed by atoms with Gasteiger partial charge in [-0.1, -0.05) is 63.2 Å². The van der Waals surface area contributed by atoms with Crippen molar-refractivity contribution < 1.29 is 0 Å². The quantitative estimate of drug-likeness (QED) is 0.649. The summed E-state index contributed by atoms with van der Waals surface area (Å²) in [4.78, 5) is 1.33. The van der Waals surface area contributed by atoms with Crippen molar-refractivity contribution in [3.8, 4) is 11.1 Å². The van der Waals surface area contributed by atoms with Crippen molar-refractivity contribution in [1.29, 1.82) is 0 Å². The molecule has 0 saturated carbocycles. The highest BCUT2D eigenvalue weighted by atomic mass is 32.2. The Balaban J connectivity index is 2.19. The van der Waals surface area contributed by atoms with Crippen LogP contribution in [0.1, 0.15) is 20.8 Å². The fourth-order valence-electron chi connectivity index (χ4n) is 1.70. The first-order chi connectivity index (χ1) is 8.04. The monoisotopic (exact) mass is 242 g/mol. The van der Waals surface area contributed by atoms with Crippen LogP contribution in [0.5, 0.6) is 0 Å². The molecule has 0 atom stereocenters. The first-order valence-corrected chi connectivity index (χ1v) is 6.71. The summed E-state index contributed by atoms with van der Waals surface area (Å²) in [5.74, 6) is 0. The molecule has 0 aliphatic heterocycles. The first-order valence-electron chi connectivity index (χ1n) is 5.89. The molecule has 2 aromatic rings. The maximum absolute atomic E-state index is 2.24. The second kappa shape index (κ2) is 4.97. The van der Waals surface area contributed by atoms with Gasteiger partial charge in [-0.3, -0.25) is 0 Å². The molecule has 0 radical (unpaired) electrons. The van der Waals surface area contributed by atoms with Crippen molar-refractivity contribution in [2.24, 2.45) is 0 Å². The molecule has 0 heterocycles. The predicted octanol–water partition coefficient (Wildman–Crippen LogP) is 5.24. The molecule has 0 nitrogen and oxygen atoms in total. The van der Waals surface area contributed by atoms with Crippen molar-refractivity contribution >= 4 is 11.8 Å². The van der Waals surface area contributed by atoms with E-state index in [0.29, 0.717) is 0 Å². The molecule has 0 aliphatic rings. The summed E-state index contributed by atoms with van der Waals surface area (Å²) in [7, 11) is 0. The van der Waals surface area contributed by atoms with Gasteiger partial charge in [-0.25, -0.2) is 0 Å². The van der Waals surface area contributed by atoms with E-state index in [1.165, 1.54) is 16.0 Å². The third kappa shape index (κ3) is 3.64. The molecule has 0 bridgehead atoms. The summed E-state index contributed by atoms with van der Waals surface area (Å²) in [5, 5.41) is 0. The Bertz CT molecular complexity index is 463. The Morgan fingerprint density at radius 3 is 1.76 bits per heavy atom. The van der Waals surface area contributed by atoms with Gasteiger partial charge in [0.2, 0.25) is 0 Å². The molecule has 2 aromatic carbocycles. The van der Waals surface area contributed by atoms with Crippen molar-refractivity contribution in [2.75, 3.05) is 0 Å². The maximum atomic E-state index is 2.24. The van der Waals surface area contributed by atoms with Crippen molar-refractivity contribution in [3.05, 3.63) is 54.6 Å². The molecule has 0 N–H and O–H groups in total. The Hall–Kier alpha value is -1.21. The minimum atomic E-state index is 0.272. The van der Waals surface area contributed by atoms with Crippen LogP contribution in [0.4, 0.5) is 0 Å². The highest BCUT2D eigenvalue weighted by Crippen LogP contribution is 2.32. The van der Waals surface area contributed by atoms with E-state index in [1.807, 2.05) is 17.8 Å². The lowest BCUT2D eigenvalue weighted by atomic mass is 10.1. The average Bonchev–Trinajstić information content (AvgIpc) is 2.29. The summed E-state index contributed by atoms with van der Waals surface area (Å²) < 4.78 is 0.272.